The summed E-state index contributed by atoms with van der Waals surface area (Å²) < 4.78 is 1.37. The van der Waals surface area contributed by atoms with Crippen LogP contribution in [0.25, 0.3) is 0 Å². The monoisotopic (exact) mass is 352 g/mol. The second-order valence-corrected chi connectivity index (χ2v) is 9.15. The van der Waals surface area contributed by atoms with E-state index in [1.54, 1.807) is 0 Å². The van der Waals surface area contributed by atoms with Gasteiger partial charge in [0.05, 0.1) is 26.7 Å². The molecule has 1 aliphatic heterocycles. The highest BCUT2D eigenvalue weighted by Crippen LogP contribution is 2.18. The number of hydrogen-bond donors (Lipinski definition) is 0. The van der Waals surface area contributed by atoms with E-state index in [-0.39, 0.29) is 0 Å². The smallest absolute Gasteiger partial charge is 0.0784 e. The lowest BCUT2D eigenvalue weighted by atomic mass is 10.0. The minimum atomic E-state index is 1.37. The third-order valence-electron chi connectivity index (χ3n) is 6.45. The second-order valence-electron chi connectivity index (χ2n) is 9.15. The van der Waals surface area contributed by atoms with Crippen LogP contribution < -0.4 is 0 Å². The zero-order chi connectivity index (χ0) is 18.1. The van der Waals surface area contributed by atoms with Crippen LogP contribution >= 0.6 is 0 Å². The number of quaternary nitrogens is 1. The highest BCUT2D eigenvalue weighted by molar-refractivity contribution is 4.53. The molecule has 0 aliphatic carbocycles. The van der Waals surface area contributed by atoms with Crippen LogP contribution in [0.3, 0.4) is 0 Å². The molecule has 0 unspecified atom stereocenters. The van der Waals surface area contributed by atoms with Crippen LogP contribution in [-0.4, -0.2) is 31.2 Å². The highest BCUT2D eigenvalue weighted by Gasteiger charge is 2.21. The van der Waals surface area contributed by atoms with Gasteiger partial charge in [-0.15, -0.1) is 0 Å². The van der Waals surface area contributed by atoms with Crippen LogP contribution in [0.5, 0.6) is 0 Å². The second kappa shape index (κ2) is 16.2. The molecule has 0 radical (unpaired) electrons. The van der Waals surface area contributed by atoms with Crippen LogP contribution in [0.1, 0.15) is 129 Å². The van der Waals surface area contributed by atoms with Gasteiger partial charge in [0, 0.05) is 0 Å². The Morgan fingerprint density at radius 2 is 0.840 bits per heavy atom. The summed E-state index contributed by atoms with van der Waals surface area (Å²) in [5.74, 6) is 0. The van der Waals surface area contributed by atoms with E-state index in [1.165, 1.54) is 146 Å². The van der Waals surface area contributed by atoms with Crippen LogP contribution in [0.4, 0.5) is 0 Å². The Kier molecular flexibility index (Phi) is 14.9. The van der Waals surface area contributed by atoms with Gasteiger partial charge in [-0.2, -0.15) is 0 Å². The molecule has 1 saturated heterocycles. The van der Waals surface area contributed by atoms with Gasteiger partial charge >= 0.3 is 0 Å². The Labute approximate surface area is 160 Å². The number of nitrogens with zero attached hydrogens (tertiary/aromatic N) is 1. The normalized spacial score (nSPS) is 18.0. The van der Waals surface area contributed by atoms with Gasteiger partial charge in [0.15, 0.2) is 0 Å². The molecule has 0 bridgehead atoms. The molecule has 0 atom stereocenters. The average molecular weight is 353 g/mol. The van der Waals surface area contributed by atoms with Gasteiger partial charge in [-0.1, -0.05) is 90.4 Å². The molecule has 0 saturated carbocycles. The van der Waals surface area contributed by atoms with Crippen LogP contribution in [0.15, 0.2) is 0 Å². The third kappa shape index (κ3) is 13.8. The van der Waals surface area contributed by atoms with E-state index in [1.807, 2.05) is 0 Å². The molecule has 1 fully saturated rings. The maximum atomic E-state index is 2.52. The summed E-state index contributed by atoms with van der Waals surface area (Å²) in [6.45, 7) is 6.63. The molecule has 0 N–H and O–H groups in total. The zero-order valence-electron chi connectivity index (χ0n) is 18.0. The standard InChI is InChI=1S/C24H50N/c1-3-4-5-6-7-8-9-10-11-12-13-14-16-19-22-25(2)23-20-17-15-18-21-24-25/h3-24H2,1-2H3/q+1. The first-order valence-corrected chi connectivity index (χ1v) is 12.1. The maximum Gasteiger partial charge on any atom is 0.0784 e. The quantitative estimate of drug-likeness (QED) is 0.208. The Bertz CT molecular complexity index is 265. The number of rotatable bonds is 15. The van der Waals surface area contributed by atoms with Crippen molar-refractivity contribution in [1.29, 1.82) is 0 Å². The van der Waals surface area contributed by atoms with E-state index in [9.17, 15) is 0 Å². The largest absolute Gasteiger partial charge is 0.326 e. The van der Waals surface area contributed by atoms with Crippen LogP contribution in [0, 0.1) is 0 Å². The minimum absolute atomic E-state index is 1.37. The molecule has 0 aromatic carbocycles. The number of unbranched alkanes of at least 4 members (excludes halogenated alkanes) is 13. The van der Waals surface area contributed by atoms with Crippen LogP contribution in [-0.2, 0) is 0 Å². The molecule has 0 amide bonds. The van der Waals surface area contributed by atoms with E-state index in [0.717, 1.165) is 0 Å². The number of hydrogen-bond acceptors (Lipinski definition) is 0. The van der Waals surface area contributed by atoms with E-state index in [4.69, 9.17) is 0 Å². The molecule has 0 aromatic rings. The fraction of sp³-hybridized carbons (Fsp3) is 1.00. The average Bonchev–Trinajstić information content (AvgIpc) is 2.59. The van der Waals surface area contributed by atoms with Crippen molar-refractivity contribution in [2.45, 2.75) is 129 Å². The fourth-order valence-corrected chi connectivity index (χ4v) is 4.54. The molecular formula is C24H50N+. The summed E-state index contributed by atoms with van der Waals surface area (Å²) >= 11 is 0. The molecule has 150 valence electrons. The van der Waals surface area contributed by atoms with Crippen molar-refractivity contribution in [2.24, 2.45) is 0 Å². The van der Waals surface area contributed by atoms with E-state index < -0.39 is 0 Å². The van der Waals surface area contributed by atoms with Gasteiger partial charge in [0.25, 0.3) is 0 Å². The van der Waals surface area contributed by atoms with Gasteiger partial charge in [-0.3, -0.25) is 0 Å². The summed E-state index contributed by atoms with van der Waals surface area (Å²) in [7, 11) is 2.52. The lowest BCUT2D eigenvalue weighted by molar-refractivity contribution is -0.910. The van der Waals surface area contributed by atoms with Gasteiger partial charge in [0.1, 0.15) is 0 Å². The van der Waals surface area contributed by atoms with E-state index in [2.05, 4.69) is 14.0 Å². The molecule has 1 nitrogen and oxygen atoms in total. The molecule has 0 aromatic heterocycles. The van der Waals surface area contributed by atoms with Crippen molar-refractivity contribution in [3.05, 3.63) is 0 Å². The Hall–Kier alpha value is -0.0400. The van der Waals surface area contributed by atoms with E-state index >= 15 is 0 Å². The summed E-state index contributed by atoms with van der Waals surface area (Å²) in [4.78, 5) is 0. The number of likely N-dealkylation sites (tertiary alicyclic amines) is 1. The first kappa shape index (κ1) is 23.0. The SMILES string of the molecule is CCCCCCCCCCCCCCCC[N+]1(C)CCCCCCC1. The van der Waals surface area contributed by atoms with Gasteiger partial charge in [-0.05, 0) is 38.5 Å². The Morgan fingerprint density at radius 3 is 1.28 bits per heavy atom. The summed E-state index contributed by atoms with van der Waals surface area (Å²) in [6, 6.07) is 0. The lowest BCUT2D eigenvalue weighted by Gasteiger charge is -2.36. The highest BCUT2D eigenvalue weighted by atomic mass is 15.3. The third-order valence-corrected chi connectivity index (χ3v) is 6.45. The van der Waals surface area contributed by atoms with Crippen molar-refractivity contribution in [3.63, 3.8) is 0 Å². The van der Waals surface area contributed by atoms with Crippen molar-refractivity contribution < 1.29 is 4.48 Å². The molecule has 1 heterocycles. The summed E-state index contributed by atoms with van der Waals surface area (Å²) in [6.07, 6.45) is 28.0. The molecule has 1 aliphatic rings. The minimum Gasteiger partial charge on any atom is -0.326 e. The molecule has 1 heteroatoms. The van der Waals surface area contributed by atoms with Crippen molar-refractivity contribution in [2.75, 3.05) is 26.7 Å². The van der Waals surface area contributed by atoms with Gasteiger partial charge < -0.3 is 4.48 Å². The van der Waals surface area contributed by atoms with Crippen molar-refractivity contribution in [1.82, 2.24) is 0 Å². The molecule has 1 rings (SSSR count). The first-order chi connectivity index (χ1) is 12.3. The zero-order valence-corrected chi connectivity index (χ0v) is 18.0. The fourth-order valence-electron chi connectivity index (χ4n) is 4.54. The Morgan fingerprint density at radius 1 is 0.480 bits per heavy atom. The Balaban J connectivity index is 1.82. The lowest BCUT2D eigenvalue weighted by Crippen LogP contribution is -2.46. The molecule has 0 spiro atoms. The van der Waals surface area contributed by atoms with E-state index in [0.29, 0.717) is 0 Å². The summed E-state index contributed by atoms with van der Waals surface area (Å²) in [5.41, 5.74) is 0. The maximum absolute atomic E-state index is 2.52. The first-order valence-electron chi connectivity index (χ1n) is 12.1. The van der Waals surface area contributed by atoms with Gasteiger partial charge in [-0.25, -0.2) is 0 Å². The van der Waals surface area contributed by atoms with Gasteiger partial charge in [0.2, 0.25) is 0 Å². The summed E-state index contributed by atoms with van der Waals surface area (Å²) in [5, 5.41) is 0. The predicted molar refractivity (Wildman–Crippen MR) is 114 cm³/mol. The molecule has 25 heavy (non-hydrogen) atoms. The van der Waals surface area contributed by atoms with Crippen molar-refractivity contribution in [3.8, 4) is 0 Å². The predicted octanol–water partition coefficient (Wildman–Crippen LogP) is 7.88. The molecular weight excluding hydrogens is 302 g/mol. The van der Waals surface area contributed by atoms with Crippen molar-refractivity contribution >= 4 is 0 Å². The van der Waals surface area contributed by atoms with Crippen LogP contribution in [0.2, 0.25) is 0 Å². The topological polar surface area (TPSA) is 0 Å².